The SMILES string of the molecule is CNc1nc([C@H]2CCCN2C(=O)CCc2ccc(OC)cc2)nc2c1CCN(C(C)=O)C2. The molecule has 0 saturated carbocycles. The maximum atomic E-state index is 13.1. The molecule has 4 rings (SSSR count). The molecule has 1 atom stereocenters. The summed E-state index contributed by atoms with van der Waals surface area (Å²) >= 11 is 0. The number of nitrogens with zero attached hydrogens (tertiary/aromatic N) is 4. The molecule has 8 heteroatoms. The van der Waals surface area contributed by atoms with Crippen LogP contribution in [0.25, 0.3) is 0 Å². The zero-order valence-corrected chi connectivity index (χ0v) is 19.1. The molecule has 1 saturated heterocycles. The average molecular weight is 438 g/mol. The number of fused-ring (bicyclic) bond motifs is 1. The van der Waals surface area contributed by atoms with Gasteiger partial charge in [0.15, 0.2) is 5.82 Å². The average Bonchev–Trinajstić information content (AvgIpc) is 3.31. The lowest BCUT2D eigenvalue weighted by Gasteiger charge is -2.30. The van der Waals surface area contributed by atoms with Crippen LogP contribution in [0.4, 0.5) is 5.82 Å². The first kappa shape index (κ1) is 22.0. The highest BCUT2D eigenvalue weighted by molar-refractivity contribution is 5.77. The van der Waals surface area contributed by atoms with Gasteiger partial charge in [-0.2, -0.15) is 0 Å². The summed E-state index contributed by atoms with van der Waals surface area (Å²) < 4.78 is 5.20. The molecule has 170 valence electrons. The number of carbonyl (C=O) groups is 2. The van der Waals surface area contributed by atoms with E-state index in [9.17, 15) is 9.59 Å². The third-order valence-electron chi connectivity index (χ3n) is 6.42. The van der Waals surface area contributed by atoms with Crippen LogP contribution in [-0.4, -0.2) is 58.8 Å². The van der Waals surface area contributed by atoms with Crippen molar-refractivity contribution in [2.75, 3.05) is 32.6 Å². The lowest BCUT2D eigenvalue weighted by atomic mass is 10.0. The Morgan fingerprint density at radius 2 is 1.97 bits per heavy atom. The zero-order chi connectivity index (χ0) is 22.7. The molecule has 2 aliphatic heterocycles. The van der Waals surface area contributed by atoms with Crippen molar-refractivity contribution < 1.29 is 14.3 Å². The number of carbonyl (C=O) groups excluding carboxylic acids is 2. The molecular formula is C24H31N5O3. The van der Waals surface area contributed by atoms with Crippen LogP contribution in [0.5, 0.6) is 5.75 Å². The number of ether oxygens (including phenoxy) is 1. The van der Waals surface area contributed by atoms with Crippen molar-refractivity contribution in [1.29, 1.82) is 0 Å². The summed E-state index contributed by atoms with van der Waals surface area (Å²) in [6.45, 7) is 3.49. The second-order valence-corrected chi connectivity index (χ2v) is 8.39. The van der Waals surface area contributed by atoms with Crippen LogP contribution in [0.1, 0.15) is 54.9 Å². The number of hydrogen-bond acceptors (Lipinski definition) is 6. The van der Waals surface area contributed by atoms with Crippen LogP contribution >= 0.6 is 0 Å². The molecule has 0 radical (unpaired) electrons. The predicted molar refractivity (Wildman–Crippen MR) is 121 cm³/mol. The van der Waals surface area contributed by atoms with Gasteiger partial charge in [-0.1, -0.05) is 12.1 Å². The topological polar surface area (TPSA) is 87.7 Å². The summed E-state index contributed by atoms with van der Waals surface area (Å²) in [6.07, 6.45) is 3.66. The van der Waals surface area contributed by atoms with Gasteiger partial charge in [-0.05, 0) is 43.4 Å². The predicted octanol–water partition coefficient (Wildman–Crippen LogP) is 2.73. The standard InChI is InChI=1S/C24H31N5O3/c1-16(30)28-14-12-19-20(15-28)26-24(27-23(19)25-2)21-5-4-13-29(21)22(31)11-8-17-6-9-18(32-3)10-7-17/h6-7,9-10,21H,4-5,8,11-15H2,1-3H3,(H,25,26,27)/t21-/m1/s1. The van der Waals surface area contributed by atoms with E-state index in [1.807, 2.05) is 41.1 Å². The fraction of sp³-hybridized carbons (Fsp3) is 0.500. The molecule has 1 N–H and O–H groups in total. The third-order valence-corrected chi connectivity index (χ3v) is 6.42. The first-order valence-corrected chi connectivity index (χ1v) is 11.3. The maximum absolute atomic E-state index is 13.1. The van der Waals surface area contributed by atoms with Gasteiger partial charge in [0.1, 0.15) is 11.6 Å². The largest absolute Gasteiger partial charge is 0.497 e. The summed E-state index contributed by atoms with van der Waals surface area (Å²) in [6, 6.07) is 7.72. The Morgan fingerprint density at radius 1 is 1.19 bits per heavy atom. The molecule has 8 nitrogen and oxygen atoms in total. The van der Waals surface area contributed by atoms with Gasteiger partial charge in [-0.3, -0.25) is 9.59 Å². The summed E-state index contributed by atoms with van der Waals surface area (Å²) in [7, 11) is 3.50. The molecule has 0 unspecified atom stereocenters. The number of benzene rings is 1. The van der Waals surface area contributed by atoms with Gasteiger partial charge in [0.2, 0.25) is 11.8 Å². The van der Waals surface area contributed by atoms with Crippen molar-refractivity contribution in [3.63, 3.8) is 0 Å². The van der Waals surface area contributed by atoms with Gasteiger partial charge in [0.25, 0.3) is 0 Å². The number of methoxy groups -OCH3 is 1. The molecule has 32 heavy (non-hydrogen) atoms. The number of aromatic nitrogens is 2. The fourth-order valence-electron chi connectivity index (χ4n) is 4.59. The highest BCUT2D eigenvalue weighted by Crippen LogP contribution is 2.33. The van der Waals surface area contributed by atoms with Crippen LogP contribution in [0, 0.1) is 0 Å². The van der Waals surface area contributed by atoms with E-state index in [2.05, 4.69) is 5.32 Å². The van der Waals surface area contributed by atoms with Crippen molar-refractivity contribution in [1.82, 2.24) is 19.8 Å². The second kappa shape index (κ2) is 9.54. The van der Waals surface area contributed by atoms with Gasteiger partial charge in [0, 0.05) is 39.0 Å². The van der Waals surface area contributed by atoms with Crippen molar-refractivity contribution in [2.45, 2.75) is 51.6 Å². The zero-order valence-electron chi connectivity index (χ0n) is 19.1. The Bertz CT molecular complexity index is 992. The normalized spacial score (nSPS) is 17.8. The lowest BCUT2D eigenvalue weighted by Crippen LogP contribution is -2.36. The minimum Gasteiger partial charge on any atom is -0.497 e. The van der Waals surface area contributed by atoms with Gasteiger partial charge in [0.05, 0.1) is 25.4 Å². The highest BCUT2D eigenvalue weighted by Gasteiger charge is 2.33. The van der Waals surface area contributed by atoms with Crippen molar-refractivity contribution in [2.24, 2.45) is 0 Å². The second-order valence-electron chi connectivity index (χ2n) is 8.39. The smallest absolute Gasteiger partial charge is 0.223 e. The molecule has 3 heterocycles. The number of amides is 2. The Morgan fingerprint density at radius 3 is 2.66 bits per heavy atom. The van der Waals surface area contributed by atoms with Crippen molar-refractivity contribution in [3.8, 4) is 5.75 Å². The van der Waals surface area contributed by atoms with E-state index in [0.717, 1.165) is 54.2 Å². The molecule has 1 fully saturated rings. The molecule has 2 aromatic rings. The molecule has 0 spiro atoms. The minimum absolute atomic E-state index is 0.0537. The van der Waals surface area contributed by atoms with E-state index in [4.69, 9.17) is 14.7 Å². The Balaban J connectivity index is 1.50. The quantitative estimate of drug-likeness (QED) is 0.748. The van der Waals surface area contributed by atoms with Gasteiger partial charge >= 0.3 is 0 Å². The van der Waals surface area contributed by atoms with E-state index in [1.54, 1.807) is 14.0 Å². The van der Waals surface area contributed by atoms with Gasteiger partial charge < -0.3 is 19.9 Å². The molecule has 0 bridgehead atoms. The molecule has 2 aliphatic rings. The van der Waals surface area contributed by atoms with Crippen LogP contribution in [-0.2, 0) is 29.0 Å². The van der Waals surface area contributed by atoms with Gasteiger partial charge in [-0.15, -0.1) is 0 Å². The number of hydrogen-bond donors (Lipinski definition) is 1. The van der Waals surface area contributed by atoms with Crippen LogP contribution in [0.3, 0.4) is 0 Å². The summed E-state index contributed by atoms with van der Waals surface area (Å²) in [5.41, 5.74) is 3.07. The number of aryl methyl sites for hydroxylation is 1. The van der Waals surface area contributed by atoms with Gasteiger partial charge in [-0.25, -0.2) is 9.97 Å². The highest BCUT2D eigenvalue weighted by atomic mass is 16.5. The van der Waals surface area contributed by atoms with Crippen LogP contribution in [0.2, 0.25) is 0 Å². The minimum atomic E-state index is -0.122. The first-order chi connectivity index (χ1) is 15.5. The molecule has 1 aromatic heterocycles. The number of rotatable bonds is 6. The fourth-order valence-corrected chi connectivity index (χ4v) is 4.59. The number of likely N-dealkylation sites (tertiary alicyclic amines) is 1. The summed E-state index contributed by atoms with van der Waals surface area (Å²) in [5.74, 6) is 2.48. The van der Waals surface area contributed by atoms with Crippen LogP contribution < -0.4 is 10.1 Å². The van der Waals surface area contributed by atoms with E-state index in [-0.39, 0.29) is 17.9 Å². The third kappa shape index (κ3) is 4.54. The molecular weight excluding hydrogens is 406 g/mol. The molecule has 0 aliphatic carbocycles. The first-order valence-electron chi connectivity index (χ1n) is 11.3. The number of nitrogens with one attached hydrogen (secondary N) is 1. The van der Waals surface area contributed by atoms with E-state index in [0.29, 0.717) is 31.8 Å². The van der Waals surface area contributed by atoms with Crippen LogP contribution in [0.15, 0.2) is 24.3 Å². The number of anilines is 1. The molecule has 2 amide bonds. The van der Waals surface area contributed by atoms with E-state index in [1.165, 1.54) is 0 Å². The summed E-state index contributed by atoms with van der Waals surface area (Å²) in [4.78, 5) is 38.3. The van der Waals surface area contributed by atoms with E-state index >= 15 is 0 Å². The maximum Gasteiger partial charge on any atom is 0.223 e. The molecule has 1 aromatic carbocycles. The Labute approximate surface area is 189 Å². The monoisotopic (exact) mass is 437 g/mol. The van der Waals surface area contributed by atoms with E-state index < -0.39 is 0 Å². The Hall–Kier alpha value is -3.16. The summed E-state index contributed by atoms with van der Waals surface area (Å²) in [5, 5.41) is 3.19. The lowest BCUT2D eigenvalue weighted by molar-refractivity contribution is -0.132. The van der Waals surface area contributed by atoms with Crippen molar-refractivity contribution >= 4 is 17.6 Å². The van der Waals surface area contributed by atoms with Crippen molar-refractivity contribution in [3.05, 3.63) is 46.9 Å². The Kier molecular flexibility index (Phi) is 6.58.